The van der Waals surface area contributed by atoms with E-state index < -0.39 is 11.8 Å². The molecule has 2 aromatic rings. The number of hydrogen-bond donors (Lipinski definition) is 3. The van der Waals surface area contributed by atoms with Crippen LogP contribution >= 0.6 is 22.9 Å². The van der Waals surface area contributed by atoms with E-state index in [1.54, 1.807) is 36.5 Å². The van der Waals surface area contributed by atoms with Gasteiger partial charge in [0.15, 0.2) is 0 Å². The van der Waals surface area contributed by atoms with Crippen molar-refractivity contribution in [1.82, 2.24) is 10.6 Å². The van der Waals surface area contributed by atoms with Gasteiger partial charge in [-0.3, -0.25) is 14.4 Å². The summed E-state index contributed by atoms with van der Waals surface area (Å²) in [5, 5.41) is 10.3. The first-order chi connectivity index (χ1) is 13.9. The third-order valence-electron chi connectivity index (χ3n) is 5.29. The van der Waals surface area contributed by atoms with Crippen molar-refractivity contribution in [3.63, 3.8) is 0 Å². The van der Waals surface area contributed by atoms with Crippen molar-refractivity contribution in [3.05, 3.63) is 51.2 Å². The summed E-state index contributed by atoms with van der Waals surface area (Å²) in [5.41, 5.74) is 1.22. The molecular weight excluding hydrogens is 410 g/mol. The molecule has 0 saturated heterocycles. The maximum atomic E-state index is 12.2. The number of carbonyl (C=O) groups excluding carboxylic acids is 3. The lowest BCUT2D eigenvalue weighted by atomic mass is 9.84. The molecule has 3 N–H and O–H groups in total. The molecule has 3 rings (SSSR count). The number of carbonyl (C=O) groups is 3. The molecule has 0 radical (unpaired) electrons. The summed E-state index contributed by atoms with van der Waals surface area (Å²) in [6.45, 7) is 2.08. The molecule has 29 heavy (non-hydrogen) atoms. The Morgan fingerprint density at radius 2 is 1.86 bits per heavy atom. The van der Waals surface area contributed by atoms with Crippen LogP contribution in [0.25, 0.3) is 0 Å². The highest BCUT2D eigenvalue weighted by atomic mass is 35.5. The first-order valence-electron chi connectivity index (χ1n) is 9.56. The molecule has 0 aliphatic heterocycles. The highest BCUT2D eigenvalue weighted by molar-refractivity contribution is 7.10. The monoisotopic (exact) mass is 433 g/mol. The van der Waals surface area contributed by atoms with E-state index in [2.05, 4.69) is 27.4 Å². The van der Waals surface area contributed by atoms with Gasteiger partial charge in [-0.15, -0.1) is 11.3 Å². The maximum absolute atomic E-state index is 12.2. The minimum atomic E-state index is -0.867. The molecule has 1 aromatic heterocycles. The molecule has 1 aromatic carbocycles. The van der Waals surface area contributed by atoms with Crippen molar-refractivity contribution in [2.24, 2.45) is 0 Å². The average Bonchev–Trinajstić information content (AvgIpc) is 3.39. The number of anilines is 1. The minimum absolute atomic E-state index is 0.0185. The van der Waals surface area contributed by atoms with Crippen molar-refractivity contribution < 1.29 is 14.4 Å². The molecule has 3 amide bonds. The SMILES string of the molecule is Cc1ccc(Cl)cc1NC(=O)C(=O)NCC(=O)NCC1(c2cccs2)CCCC1. The summed E-state index contributed by atoms with van der Waals surface area (Å²) in [6.07, 6.45) is 4.38. The van der Waals surface area contributed by atoms with Crippen molar-refractivity contribution in [3.8, 4) is 0 Å². The zero-order valence-corrected chi connectivity index (χ0v) is 17.8. The molecular formula is C21H24ClN3O3S. The van der Waals surface area contributed by atoms with Crippen LogP contribution in [0.1, 0.15) is 36.1 Å². The van der Waals surface area contributed by atoms with Crippen LogP contribution in [0.4, 0.5) is 5.69 Å². The van der Waals surface area contributed by atoms with E-state index in [9.17, 15) is 14.4 Å². The van der Waals surface area contributed by atoms with Crippen LogP contribution in [0.5, 0.6) is 0 Å². The molecule has 0 unspecified atom stereocenters. The van der Waals surface area contributed by atoms with Crippen LogP contribution in [0.15, 0.2) is 35.7 Å². The predicted molar refractivity (Wildman–Crippen MR) is 115 cm³/mol. The minimum Gasteiger partial charge on any atom is -0.354 e. The number of amides is 3. The second kappa shape index (κ2) is 9.41. The lowest BCUT2D eigenvalue weighted by Gasteiger charge is -2.28. The van der Waals surface area contributed by atoms with Crippen molar-refractivity contribution in [2.75, 3.05) is 18.4 Å². The van der Waals surface area contributed by atoms with Gasteiger partial charge in [0.05, 0.1) is 6.54 Å². The van der Waals surface area contributed by atoms with Crippen LogP contribution in [0.3, 0.4) is 0 Å². The van der Waals surface area contributed by atoms with Gasteiger partial charge in [-0.1, -0.05) is 36.6 Å². The van der Waals surface area contributed by atoms with Gasteiger partial charge >= 0.3 is 11.8 Å². The normalized spacial score (nSPS) is 15.0. The lowest BCUT2D eigenvalue weighted by Crippen LogP contribution is -2.45. The summed E-state index contributed by atoms with van der Waals surface area (Å²) >= 11 is 7.63. The Morgan fingerprint density at radius 1 is 1.10 bits per heavy atom. The van der Waals surface area contributed by atoms with Gasteiger partial charge in [-0.25, -0.2) is 0 Å². The van der Waals surface area contributed by atoms with Crippen LogP contribution < -0.4 is 16.0 Å². The van der Waals surface area contributed by atoms with Gasteiger partial charge in [0.25, 0.3) is 0 Å². The second-order valence-corrected chi connectivity index (χ2v) is 8.72. The zero-order valence-electron chi connectivity index (χ0n) is 16.2. The summed E-state index contributed by atoms with van der Waals surface area (Å²) in [4.78, 5) is 37.6. The molecule has 1 fully saturated rings. The molecule has 1 heterocycles. The lowest BCUT2D eigenvalue weighted by molar-refractivity contribution is -0.136. The van der Waals surface area contributed by atoms with E-state index in [1.165, 1.54) is 4.88 Å². The number of thiophene rings is 1. The molecule has 154 valence electrons. The number of hydrogen-bond acceptors (Lipinski definition) is 4. The maximum Gasteiger partial charge on any atom is 0.313 e. The van der Waals surface area contributed by atoms with Crippen molar-refractivity contribution in [1.29, 1.82) is 0 Å². The van der Waals surface area contributed by atoms with Gasteiger partial charge in [0, 0.05) is 27.5 Å². The van der Waals surface area contributed by atoms with Gasteiger partial charge < -0.3 is 16.0 Å². The van der Waals surface area contributed by atoms with Crippen molar-refractivity contribution in [2.45, 2.75) is 38.0 Å². The van der Waals surface area contributed by atoms with E-state index >= 15 is 0 Å². The van der Waals surface area contributed by atoms with Crippen LogP contribution in [-0.2, 0) is 19.8 Å². The number of rotatable bonds is 6. The molecule has 1 saturated carbocycles. The summed E-state index contributed by atoms with van der Waals surface area (Å²) in [5.74, 6) is -2.02. The molecule has 0 spiro atoms. The van der Waals surface area contributed by atoms with Gasteiger partial charge in [0.2, 0.25) is 5.91 Å². The number of nitrogens with one attached hydrogen (secondary N) is 3. The Morgan fingerprint density at radius 3 is 2.55 bits per heavy atom. The quantitative estimate of drug-likeness (QED) is 0.610. The molecule has 0 bridgehead atoms. The summed E-state index contributed by atoms with van der Waals surface area (Å²) in [6, 6.07) is 9.16. The fourth-order valence-corrected chi connectivity index (χ4v) is 4.78. The topological polar surface area (TPSA) is 87.3 Å². The van der Waals surface area contributed by atoms with Crippen molar-refractivity contribution >= 4 is 46.3 Å². The summed E-state index contributed by atoms with van der Waals surface area (Å²) in [7, 11) is 0. The fraction of sp³-hybridized carbons (Fsp3) is 0.381. The standard InChI is InChI=1S/C21H24ClN3O3S/c1-14-6-7-15(22)11-16(14)25-20(28)19(27)23-12-18(26)24-13-21(8-2-3-9-21)17-5-4-10-29-17/h4-7,10-11H,2-3,8-9,12-13H2,1H3,(H,23,27)(H,24,26)(H,25,28). The Kier molecular flexibility index (Phi) is 6.92. The van der Waals surface area contributed by atoms with E-state index in [1.807, 2.05) is 6.07 Å². The van der Waals surface area contributed by atoms with E-state index in [4.69, 9.17) is 11.6 Å². The van der Waals surface area contributed by atoms with Gasteiger partial charge in [-0.05, 0) is 48.9 Å². The average molecular weight is 434 g/mol. The van der Waals surface area contributed by atoms with Crippen LogP contribution in [0, 0.1) is 6.92 Å². The van der Waals surface area contributed by atoms with E-state index in [0.717, 1.165) is 31.2 Å². The molecule has 1 aliphatic carbocycles. The first kappa shape index (κ1) is 21.3. The molecule has 0 atom stereocenters. The highest BCUT2D eigenvalue weighted by Gasteiger charge is 2.36. The van der Waals surface area contributed by atoms with Crippen LogP contribution in [-0.4, -0.2) is 30.8 Å². The van der Waals surface area contributed by atoms with Gasteiger partial charge in [0.1, 0.15) is 0 Å². The number of halogens is 1. The summed E-state index contributed by atoms with van der Waals surface area (Å²) < 4.78 is 0. The van der Waals surface area contributed by atoms with E-state index in [0.29, 0.717) is 17.3 Å². The second-order valence-electron chi connectivity index (χ2n) is 7.34. The Labute approximate surface area is 179 Å². The molecule has 8 heteroatoms. The molecule has 6 nitrogen and oxygen atoms in total. The predicted octanol–water partition coefficient (Wildman–Crippen LogP) is 3.39. The number of benzene rings is 1. The first-order valence-corrected chi connectivity index (χ1v) is 10.8. The third-order valence-corrected chi connectivity index (χ3v) is 6.64. The Hall–Kier alpha value is -2.38. The largest absolute Gasteiger partial charge is 0.354 e. The highest BCUT2D eigenvalue weighted by Crippen LogP contribution is 2.42. The number of aryl methyl sites for hydroxylation is 1. The smallest absolute Gasteiger partial charge is 0.313 e. The fourth-order valence-electron chi connectivity index (χ4n) is 3.62. The Bertz CT molecular complexity index is 893. The molecule has 1 aliphatic rings. The van der Waals surface area contributed by atoms with E-state index in [-0.39, 0.29) is 17.9 Å². The zero-order chi connectivity index (χ0) is 20.9. The van der Waals surface area contributed by atoms with Gasteiger partial charge in [-0.2, -0.15) is 0 Å². The van der Waals surface area contributed by atoms with Crippen LogP contribution in [0.2, 0.25) is 5.02 Å². The Balaban J connectivity index is 1.48. The third kappa shape index (κ3) is 5.36.